The zero-order chi connectivity index (χ0) is 19.4. The Hall–Kier alpha value is -2.72. The molecule has 27 heavy (non-hydrogen) atoms. The summed E-state index contributed by atoms with van der Waals surface area (Å²) in [7, 11) is -2.16. The molecule has 10 heteroatoms. The first-order valence-electron chi connectivity index (χ1n) is 8.38. The summed E-state index contributed by atoms with van der Waals surface area (Å²) in [6.45, 7) is 1.03. The van der Waals surface area contributed by atoms with Crippen LogP contribution >= 0.6 is 0 Å². The quantitative estimate of drug-likeness (QED) is 0.423. The first-order valence-corrected chi connectivity index (χ1v) is 9.82. The van der Waals surface area contributed by atoms with E-state index in [1.807, 2.05) is 0 Å². The van der Waals surface area contributed by atoms with Gasteiger partial charge in [-0.3, -0.25) is 10.1 Å². The molecule has 2 heterocycles. The molecule has 1 aromatic carbocycles. The number of furan rings is 1. The SMILES string of the molecule is COc1cc(S(=O)(=O)N2CCCCC2)ccc1N=Cc1ccc([N+](=O)[O-])o1. The lowest BCUT2D eigenvalue weighted by atomic mass is 10.2. The van der Waals surface area contributed by atoms with Crippen LogP contribution in [-0.2, 0) is 10.0 Å². The molecule has 144 valence electrons. The van der Waals surface area contributed by atoms with Gasteiger partial charge in [0.05, 0.1) is 24.3 Å². The van der Waals surface area contributed by atoms with Gasteiger partial charge in [-0.25, -0.2) is 13.4 Å². The summed E-state index contributed by atoms with van der Waals surface area (Å²) in [6, 6.07) is 7.09. The highest BCUT2D eigenvalue weighted by molar-refractivity contribution is 7.89. The monoisotopic (exact) mass is 393 g/mol. The molecule has 9 nitrogen and oxygen atoms in total. The van der Waals surface area contributed by atoms with Crippen LogP contribution in [0.2, 0.25) is 0 Å². The minimum absolute atomic E-state index is 0.147. The number of benzene rings is 1. The predicted octanol–water partition coefficient (Wildman–Crippen LogP) is 3.12. The Bertz CT molecular complexity index is 961. The fraction of sp³-hybridized carbons (Fsp3) is 0.353. The van der Waals surface area contributed by atoms with Crippen LogP contribution in [0.4, 0.5) is 11.6 Å². The van der Waals surface area contributed by atoms with Crippen molar-refractivity contribution >= 4 is 27.8 Å². The van der Waals surface area contributed by atoms with Crippen molar-refractivity contribution in [1.82, 2.24) is 4.31 Å². The van der Waals surface area contributed by atoms with Crippen LogP contribution in [-0.4, -0.2) is 44.1 Å². The van der Waals surface area contributed by atoms with Crippen LogP contribution in [0.3, 0.4) is 0 Å². The maximum atomic E-state index is 12.8. The number of rotatable bonds is 6. The van der Waals surface area contributed by atoms with E-state index in [-0.39, 0.29) is 22.3 Å². The highest BCUT2D eigenvalue weighted by Crippen LogP contribution is 2.32. The fourth-order valence-corrected chi connectivity index (χ4v) is 4.36. The van der Waals surface area contributed by atoms with Gasteiger partial charge in [-0.1, -0.05) is 6.42 Å². The van der Waals surface area contributed by atoms with Gasteiger partial charge in [0.2, 0.25) is 10.0 Å². The van der Waals surface area contributed by atoms with E-state index in [1.165, 1.54) is 48.0 Å². The zero-order valence-electron chi connectivity index (χ0n) is 14.7. The molecule has 1 saturated heterocycles. The van der Waals surface area contributed by atoms with Gasteiger partial charge in [0.1, 0.15) is 16.4 Å². The topological polar surface area (TPSA) is 115 Å². The summed E-state index contributed by atoms with van der Waals surface area (Å²) < 4.78 is 37.3. The number of methoxy groups -OCH3 is 1. The standard InChI is InChI=1S/C17H19N3O6S/c1-25-16-11-14(27(23,24)19-9-3-2-4-10-19)6-7-15(16)18-12-13-5-8-17(26-13)20(21)22/h5-8,11-12H,2-4,9-10H2,1H3. The summed E-state index contributed by atoms with van der Waals surface area (Å²) in [5.41, 5.74) is 0.383. The van der Waals surface area contributed by atoms with Gasteiger partial charge in [-0.15, -0.1) is 0 Å². The van der Waals surface area contributed by atoms with E-state index in [9.17, 15) is 18.5 Å². The number of hydrogen-bond acceptors (Lipinski definition) is 7. The van der Waals surface area contributed by atoms with Crippen molar-refractivity contribution in [2.75, 3.05) is 20.2 Å². The lowest BCUT2D eigenvalue weighted by Crippen LogP contribution is -2.35. The summed E-state index contributed by atoms with van der Waals surface area (Å²) in [6.07, 6.45) is 4.06. The molecule has 0 amide bonds. The maximum absolute atomic E-state index is 12.8. The van der Waals surface area contributed by atoms with Gasteiger partial charge in [-0.05, 0) is 31.0 Å². The molecule has 1 fully saturated rings. The summed E-state index contributed by atoms with van der Waals surface area (Å²) in [5.74, 6) is 0.102. The Labute approximate surface area is 156 Å². The molecule has 0 saturated carbocycles. The molecule has 0 bridgehead atoms. The van der Waals surface area contributed by atoms with Crippen molar-refractivity contribution < 1.29 is 22.5 Å². The van der Waals surface area contributed by atoms with Crippen LogP contribution in [0.5, 0.6) is 5.75 Å². The molecule has 0 atom stereocenters. The lowest BCUT2D eigenvalue weighted by molar-refractivity contribution is -0.402. The molecule has 3 rings (SSSR count). The second-order valence-electron chi connectivity index (χ2n) is 5.99. The van der Waals surface area contributed by atoms with E-state index < -0.39 is 14.9 Å². The summed E-state index contributed by atoms with van der Waals surface area (Å²) in [4.78, 5) is 14.3. The van der Waals surface area contributed by atoms with Crippen molar-refractivity contribution in [3.05, 3.63) is 46.2 Å². The van der Waals surface area contributed by atoms with E-state index in [0.717, 1.165) is 19.3 Å². The van der Waals surface area contributed by atoms with Crippen molar-refractivity contribution in [2.45, 2.75) is 24.2 Å². The number of sulfonamides is 1. The zero-order valence-corrected chi connectivity index (χ0v) is 15.5. The Balaban J connectivity index is 1.85. The van der Waals surface area contributed by atoms with Crippen molar-refractivity contribution in [1.29, 1.82) is 0 Å². The van der Waals surface area contributed by atoms with Crippen LogP contribution in [0, 0.1) is 10.1 Å². The molecule has 1 aliphatic heterocycles. The number of ether oxygens (including phenoxy) is 1. The van der Waals surface area contributed by atoms with Crippen molar-refractivity contribution in [3.8, 4) is 5.75 Å². The number of piperidine rings is 1. The number of aliphatic imine (C=N–C) groups is 1. The van der Waals surface area contributed by atoms with E-state index in [2.05, 4.69) is 4.99 Å². The third-order valence-electron chi connectivity index (χ3n) is 4.23. The summed E-state index contributed by atoms with van der Waals surface area (Å²) in [5, 5.41) is 10.6. The average Bonchev–Trinajstić information content (AvgIpc) is 3.16. The molecule has 2 aromatic rings. The molecule has 1 aliphatic rings. The van der Waals surface area contributed by atoms with Gasteiger partial charge < -0.3 is 9.15 Å². The van der Waals surface area contributed by atoms with Crippen LogP contribution in [0.25, 0.3) is 0 Å². The fourth-order valence-electron chi connectivity index (χ4n) is 2.82. The molecular weight excluding hydrogens is 374 g/mol. The minimum Gasteiger partial charge on any atom is -0.494 e. The van der Waals surface area contributed by atoms with Crippen LogP contribution in [0.1, 0.15) is 25.0 Å². The normalized spacial score (nSPS) is 15.9. The predicted molar refractivity (Wildman–Crippen MR) is 98.2 cm³/mol. The Morgan fingerprint density at radius 1 is 1.22 bits per heavy atom. The minimum atomic E-state index is -3.58. The first-order chi connectivity index (χ1) is 12.9. The Morgan fingerprint density at radius 3 is 2.59 bits per heavy atom. The van der Waals surface area contributed by atoms with Crippen molar-refractivity contribution in [2.24, 2.45) is 4.99 Å². The van der Waals surface area contributed by atoms with Gasteiger partial charge in [0.25, 0.3) is 0 Å². The highest BCUT2D eigenvalue weighted by atomic mass is 32.2. The van der Waals surface area contributed by atoms with E-state index in [1.54, 1.807) is 0 Å². The molecule has 0 spiro atoms. The third-order valence-corrected chi connectivity index (χ3v) is 6.12. The second kappa shape index (κ2) is 7.89. The summed E-state index contributed by atoms with van der Waals surface area (Å²) >= 11 is 0. The maximum Gasteiger partial charge on any atom is 0.433 e. The number of hydrogen-bond donors (Lipinski definition) is 0. The van der Waals surface area contributed by atoms with Crippen LogP contribution < -0.4 is 4.74 Å². The van der Waals surface area contributed by atoms with Gasteiger partial charge in [-0.2, -0.15) is 4.31 Å². The molecule has 0 N–H and O–H groups in total. The smallest absolute Gasteiger partial charge is 0.433 e. The largest absolute Gasteiger partial charge is 0.494 e. The van der Waals surface area contributed by atoms with Gasteiger partial charge in [0, 0.05) is 19.2 Å². The van der Waals surface area contributed by atoms with E-state index in [4.69, 9.17) is 9.15 Å². The lowest BCUT2D eigenvalue weighted by Gasteiger charge is -2.26. The molecule has 1 aromatic heterocycles. The Kier molecular flexibility index (Phi) is 5.57. The Morgan fingerprint density at radius 2 is 1.96 bits per heavy atom. The number of nitro groups is 1. The highest BCUT2D eigenvalue weighted by Gasteiger charge is 2.26. The van der Waals surface area contributed by atoms with Crippen molar-refractivity contribution in [3.63, 3.8) is 0 Å². The van der Waals surface area contributed by atoms with Gasteiger partial charge in [0.15, 0.2) is 5.76 Å². The molecule has 0 radical (unpaired) electrons. The average molecular weight is 393 g/mol. The molecule has 0 unspecified atom stereocenters. The number of nitrogens with zero attached hydrogens (tertiary/aromatic N) is 3. The van der Waals surface area contributed by atoms with Gasteiger partial charge >= 0.3 is 5.88 Å². The van der Waals surface area contributed by atoms with E-state index >= 15 is 0 Å². The first kappa shape index (κ1) is 19.1. The van der Waals surface area contributed by atoms with E-state index in [0.29, 0.717) is 18.8 Å². The third kappa shape index (κ3) is 4.17. The molecular formula is C17H19N3O6S. The van der Waals surface area contributed by atoms with Crippen LogP contribution in [0.15, 0.2) is 44.6 Å². The second-order valence-corrected chi connectivity index (χ2v) is 7.93. The molecule has 0 aliphatic carbocycles.